The zero-order chi connectivity index (χ0) is 14.3. The van der Waals surface area contributed by atoms with E-state index < -0.39 is 0 Å². The fourth-order valence-electron chi connectivity index (χ4n) is 3.46. The van der Waals surface area contributed by atoms with E-state index in [1.54, 1.807) is 0 Å². The molecule has 0 amide bonds. The Morgan fingerprint density at radius 3 is 2.45 bits per heavy atom. The van der Waals surface area contributed by atoms with Crippen LogP contribution < -0.4 is 5.69 Å². The number of nitrogens with one attached hydrogen (secondary N) is 2. The lowest BCUT2D eigenvalue weighted by atomic mass is 9.77. The molecule has 0 aliphatic heterocycles. The van der Waals surface area contributed by atoms with Crippen molar-refractivity contribution in [1.82, 2.24) is 9.97 Å². The number of benzene rings is 1. The van der Waals surface area contributed by atoms with Gasteiger partial charge in [0, 0.05) is 9.30 Å². The number of hydrogen-bond donors (Lipinski definition) is 2. The summed E-state index contributed by atoms with van der Waals surface area (Å²) in [7, 11) is 0. The molecule has 1 aliphatic carbocycles. The minimum atomic E-state index is -0.152. The number of aromatic amines is 2. The molecule has 1 aromatic heterocycles. The molecule has 3 nitrogen and oxygen atoms in total. The minimum absolute atomic E-state index is 0.152. The minimum Gasteiger partial charge on any atom is -0.306 e. The third-order valence-corrected chi connectivity index (χ3v) is 6.90. The van der Waals surface area contributed by atoms with Crippen LogP contribution in [0.3, 0.4) is 0 Å². The highest BCUT2D eigenvalue weighted by molar-refractivity contribution is 9.11. The summed E-state index contributed by atoms with van der Waals surface area (Å²) in [6, 6.07) is 4.08. The highest BCUT2D eigenvalue weighted by atomic mass is 79.9. The zero-order valence-corrected chi connectivity index (χ0v) is 14.6. The largest absolute Gasteiger partial charge is 0.323 e. The molecule has 1 unspecified atom stereocenters. The quantitative estimate of drug-likeness (QED) is 0.696. The Morgan fingerprint density at radius 2 is 1.85 bits per heavy atom. The maximum atomic E-state index is 11.4. The van der Waals surface area contributed by atoms with Crippen molar-refractivity contribution >= 4 is 42.9 Å². The molecule has 1 saturated carbocycles. The predicted octanol–water partition coefficient (Wildman–Crippen LogP) is 5.03. The van der Waals surface area contributed by atoms with Crippen LogP contribution in [0.1, 0.15) is 49.4 Å². The van der Waals surface area contributed by atoms with Crippen LogP contribution in [-0.2, 0) is 0 Å². The molecule has 20 heavy (non-hydrogen) atoms. The number of rotatable bonds is 3. The molecule has 0 bridgehead atoms. The van der Waals surface area contributed by atoms with Crippen molar-refractivity contribution in [2.45, 2.75) is 43.9 Å². The molecule has 3 rings (SSSR count). The first-order valence-corrected chi connectivity index (χ1v) is 8.82. The molecule has 1 fully saturated rings. The number of aromatic nitrogens is 2. The molecule has 1 aliphatic rings. The van der Waals surface area contributed by atoms with Gasteiger partial charge in [-0.1, -0.05) is 51.6 Å². The Morgan fingerprint density at radius 1 is 1.25 bits per heavy atom. The Labute approximate surface area is 134 Å². The average molecular weight is 402 g/mol. The standard InChI is InChI=1S/C15H18Br2N2O/c1-2-15(5-3-4-6-15)13(17)9-7-11-12(8-10(9)16)19-14(20)18-11/h7-8,13H,2-6H2,1H3,(H2,18,19,20). The fourth-order valence-corrected chi connectivity index (χ4v) is 5.50. The molecule has 1 atom stereocenters. The second-order valence-electron chi connectivity index (χ2n) is 5.78. The van der Waals surface area contributed by atoms with E-state index in [0.717, 1.165) is 15.5 Å². The second kappa shape index (κ2) is 5.34. The molecule has 2 N–H and O–H groups in total. The Bertz CT molecular complexity index is 683. The van der Waals surface area contributed by atoms with Crippen molar-refractivity contribution in [3.8, 4) is 0 Å². The fraction of sp³-hybridized carbons (Fsp3) is 0.533. The number of imidazole rings is 1. The molecular formula is C15H18Br2N2O. The van der Waals surface area contributed by atoms with E-state index in [9.17, 15) is 4.79 Å². The summed E-state index contributed by atoms with van der Waals surface area (Å²) >= 11 is 7.60. The van der Waals surface area contributed by atoms with Crippen LogP contribution >= 0.6 is 31.9 Å². The van der Waals surface area contributed by atoms with Crippen molar-refractivity contribution in [2.75, 3.05) is 0 Å². The van der Waals surface area contributed by atoms with Gasteiger partial charge in [-0.05, 0) is 42.4 Å². The molecular weight excluding hydrogens is 384 g/mol. The average Bonchev–Trinajstić information content (AvgIpc) is 3.03. The molecule has 1 heterocycles. The topological polar surface area (TPSA) is 48.6 Å². The van der Waals surface area contributed by atoms with Gasteiger partial charge in [-0.2, -0.15) is 0 Å². The van der Waals surface area contributed by atoms with Crippen LogP contribution in [0.4, 0.5) is 0 Å². The van der Waals surface area contributed by atoms with Crippen molar-refractivity contribution in [1.29, 1.82) is 0 Å². The van der Waals surface area contributed by atoms with Gasteiger partial charge in [-0.25, -0.2) is 4.79 Å². The highest BCUT2D eigenvalue weighted by Gasteiger charge is 2.40. The van der Waals surface area contributed by atoms with Gasteiger partial charge in [-0.3, -0.25) is 0 Å². The SMILES string of the molecule is CCC1(C(Br)c2cc3[nH]c(=O)[nH]c3cc2Br)CCCC1. The summed E-state index contributed by atoms with van der Waals surface area (Å²) in [6.07, 6.45) is 6.35. The van der Waals surface area contributed by atoms with E-state index in [4.69, 9.17) is 0 Å². The van der Waals surface area contributed by atoms with Crippen LogP contribution in [0.15, 0.2) is 21.4 Å². The summed E-state index contributed by atoms with van der Waals surface area (Å²) in [4.78, 5) is 17.4. The van der Waals surface area contributed by atoms with Crippen molar-refractivity contribution in [2.24, 2.45) is 5.41 Å². The van der Waals surface area contributed by atoms with Crippen molar-refractivity contribution < 1.29 is 0 Å². The third-order valence-electron chi connectivity index (χ3n) is 4.75. The monoisotopic (exact) mass is 400 g/mol. The Balaban J connectivity index is 2.08. The first-order valence-electron chi connectivity index (χ1n) is 7.11. The normalized spacial score (nSPS) is 19.6. The van der Waals surface area contributed by atoms with Gasteiger partial charge in [0.25, 0.3) is 0 Å². The first kappa shape index (κ1) is 14.4. The third kappa shape index (κ3) is 2.29. The number of hydrogen-bond acceptors (Lipinski definition) is 1. The van der Waals surface area contributed by atoms with Crippen LogP contribution in [0.2, 0.25) is 0 Å². The highest BCUT2D eigenvalue weighted by Crippen LogP contribution is 2.55. The van der Waals surface area contributed by atoms with Gasteiger partial charge in [0.15, 0.2) is 0 Å². The predicted molar refractivity (Wildman–Crippen MR) is 89.5 cm³/mol. The zero-order valence-electron chi connectivity index (χ0n) is 11.4. The van der Waals surface area contributed by atoms with Crippen LogP contribution in [0.25, 0.3) is 11.0 Å². The molecule has 0 spiro atoms. The van der Waals surface area contributed by atoms with E-state index in [1.165, 1.54) is 37.7 Å². The summed E-state index contributed by atoms with van der Waals surface area (Å²) < 4.78 is 1.06. The molecule has 108 valence electrons. The number of H-pyrrole nitrogens is 2. The van der Waals surface area contributed by atoms with Crippen LogP contribution in [0, 0.1) is 5.41 Å². The Kier molecular flexibility index (Phi) is 3.84. The van der Waals surface area contributed by atoms with Crippen molar-refractivity contribution in [3.05, 3.63) is 32.7 Å². The smallest absolute Gasteiger partial charge is 0.306 e. The van der Waals surface area contributed by atoms with Gasteiger partial charge < -0.3 is 9.97 Å². The van der Waals surface area contributed by atoms with E-state index >= 15 is 0 Å². The first-order chi connectivity index (χ1) is 9.55. The molecule has 2 aromatic rings. The van der Waals surface area contributed by atoms with Gasteiger partial charge in [0.1, 0.15) is 0 Å². The summed E-state index contributed by atoms with van der Waals surface area (Å²) in [5, 5.41) is 0. The molecule has 1 aromatic carbocycles. The number of alkyl halides is 1. The Hall–Kier alpha value is -0.550. The molecule has 0 radical (unpaired) electrons. The van der Waals surface area contributed by atoms with E-state index in [0.29, 0.717) is 10.2 Å². The summed E-state index contributed by atoms with van der Waals surface area (Å²) in [6.45, 7) is 2.28. The second-order valence-corrected chi connectivity index (χ2v) is 7.55. The van der Waals surface area contributed by atoms with Gasteiger partial charge in [0.2, 0.25) is 0 Å². The van der Waals surface area contributed by atoms with Gasteiger partial charge >= 0.3 is 5.69 Å². The molecule has 0 saturated heterocycles. The van der Waals surface area contributed by atoms with Crippen LogP contribution in [-0.4, -0.2) is 9.97 Å². The lowest BCUT2D eigenvalue weighted by molar-refractivity contribution is 0.279. The lowest BCUT2D eigenvalue weighted by Crippen LogP contribution is -2.21. The van der Waals surface area contributed by atoms with E-state index in [-0.39, 0.29) is 5.69 Å². The summed E-state index contributed by atoms with van der Waals surface area (Å²) in [5.41, 5.74) is 3.15. The number of fused-ring (bicyclic) bond motifs is 1. The van der Waals surface area contributed by atoms with Gasteiger partial charge in [-0.15, -0.1) is 0 Å². The maximum Gasteiger partial charge on any atom is 0.323 e. The van der Waals surface area contributed by atoms with Crippen LogP contribution in [0.5, 0.6) is 0 Å². The van der Waals surface area contributed by atoms with E-state index in [1.807, 2.05) is 6.07 Å². The van der Waals surface area contributed by atoms with E-state index in [2.05, 4.69) is 54.8 Å². The number of halogens is 2. The van der Waals surface area contributed by atoms with Crippen molar-refractivity contribution in [3.63, 3.8) is 0 Å². The molecule has 5 heteroatoms. The maximum absolute atomic E-state index is 11.4. The van der Waals surface area contributed by atoms with Gasteiger partial charge in [0.05, 0.1) is 11.0 Å². The summed E-state index contributed by atoms with van der Waals surface area (Å²) in [5.74, 6) is 0. The lowest BCUT2D eigenvalue weighted by Gasteiger charge is -2.34.